The zero-order chi connectivity index (χ0) is 24.9. The number of hydrogen-bond acceptors (Lipinski definition) is 7. The summed E-state index contributed by atoms with van der Waals surface area (Å²) in [5.41, 5.74) is 4.44. The van der Waals surface area contributed by atoms with Crippen LogP contribution in [0.1, 0.15) is 5.56 Å². The number of hydrazone groups is 1. The average molecular weight is 560 g/mol. The molecule has 0 radical (unpaired) electrons. The Morgan fingerprint density at radius 1 is 1.20 bits per heavy atom. The highest BCUT2D eigenvalue weighted by Crippen LogP contribution is 2.33. The number of rotatable bonds is 6. The van der Waals surface area contributed by atoms with Gasteiger partial charge in [0, 0.05) is 17.1 Å². The first kappa shape index (κ1) is 24.2. The van der Waals surface area contributed by atoms with Crippen molar-refractivity contribution in [3.05, 3.63) is 75.7 Å². The maximum Gasteiger partial charge on any atom is 0.339 e. The van der Waals surface area contributed by atoms with Crippen molar-refractivity contribution in [3.8, 4) is 11.5 Å². The number of phenolic OH excluding ortho intramolecular Hbond substituents is 1. The van der Waals surface area contributed by atoms with E-state index in [0.29, 0.717) is 43.9 Å². The SMILES string of the molecule is COc1cc2ncnc(Nc3ccc(F)c(Cl)c3)c2cc1NC(=O)N/N=C/c1ccc(O)c(Br)c1. The molecule has 0 saturated heterocycles. The standard InChI is InChI=1S/C23H17BrClFN6O3/c1-35-21-9-18-14(22(28-11-27-18)30-13-3-4-17(26)16(25)7-13)8-19(21)31-23(34)32-29-10-12-2-5-20(33)15(24)6-12/h2-11,33H,1H3,(H,27,28,30)(H2,31,32,34)/b29-10+. The second kappa shape index (κ2) is 10.5. The van der Waals surface area contributed by atoms with E-state index in [-0.39, 0.29) is 10.8 Å². The first-order valence-corrected chi connectivity index (χ1v) is 11.1. The number of fused-ring (bicyclic) bond motifs is 1. The van der Waals surface area contributed by atoms with Gasteiger partial charge in [0.05, 0.1) is 34.0 Å². The van der Waals surface area contributed by atoms with E-state index in [1.165, 1.54) is 43.9 Å². The second-order valence-corrected chi connectivity index (χ2v) is 8.34. The summed E-state index contributed by atoms with van der Waals surface area (Å²) >= 11 is 9.09. The summed E-state index contributed by atoms with van der Waals surface area (Å²) in [4.78, 5) is 20.9. The summed E-state index contributed by atoms with van der Waals surface area (Å²) in [5.74, 6) is 0.345. The molecule has 9 nitrogen and oxygen atoms in total. The number of hydrogen-bond donors (Lipinski definition) is 4. The smallest absolute Gasteiger partial charge is 0.339 e. The topological polar surface area (TPSA) is 121 Å². The summed E-state index contributed by atoms with van der Waals surface area (Å²) < 4.78 is 19.4. The fraction of sp³-hybridized carbons (Fsp3) is 0.0435. The van der Waals surface area contributed by atoms with E-state index < -0.39 is 11.8 Å². The van der Waals surface area contributed by atoms with Crippen LogP contribution in [-0.2, 0) is 0 Å². The van der Waals surface area contributed by atoms with E-state index in [4.69, 9.17) is 16.3 Å². The first-order valence-electron chi connectivity index (χ1n) is 9.97. The molecular formula is C23H17BrClFN6O3. The summed E-state index contributed by atoms with van der Waals surface area (Å²) in [7, 11) is 1.46. The van der Waals surface area contributed by atoms with Gasteiger partial charge in [-0.1, -0.05) is 11.6 Å². The molecule has 0 atom stereocenters. The lowest BCUT2D eigenvalue weighted by Crippen LogP contribution is -2.24. The summed E-state index contributed by atoms with van der Waals surface area (Å²) in [6.45, 7) is 0. The summed E-state index contributed by atoms with van der Waals surface area (Å²) in [5, 5.41) is 19.7. The minimum absolute atomic E-state index is 0.0331. The third kappa shape index (κ3) is 5.76. The molecular weight excluding hydrogens is 543 g/mol. The lowest BCUT2D eigenvalue weighted by atomic mass is 10.2. The maximum absolute atomic E-state index is 13.5. The minimum Gasteiger partial charge on any atom is -0.507 e. The molecule has 1 heterocycles. The van der Waals surface area contributed by atoms with Crippen LogP contribution in [0.5, 0.6) is 11.5 Å². The number of halogens is 3. The Balaban J connectivity index is 1.56. The number of nitrogens with zero attached hydrogens (tertiary/aromatic N) is 3. The summed E-state index contributed by atoms with van der Waals surface area (Å²) in [6, 6.07) is 11.7. The van der Waals surface area contributed by atoms with E-state index in [1.807, 2.05) is 0 Å². The third-order valence-corrected chi connectivity index (χ3v) is 5.66. The van der Waals surface area contributed by atoms with E-state index in [1.54, 1.807) is 24.3 Å². The van der Waals surface area contributed by atoms with E-state index in [9.17, 15) is 14.3 Å². The van der Waals surface area contributed by atoms with Crippen LogP contribution in [-0.4, -0.2) is 34.4 Å². The molecule has 4 rings (SSSR count). The van der Waals surface area contributed by atoms with Crippen molar-refractivity contribution in [2.75, 3.05) is 17.7 Å². The van der Waals surface area contributed by atoms with Gasteiger partial charge in [-0.25, -0.2) is 24.6 Å². The number of methoxy groups -OCH3 is 1. The molecule has 0 saturated carbocycles. The van der Waals surface area contributed by atoms with Gasteiger partial charge in [-0.2, -0.15) is 5.10 Å². The molecule has 0 aliphatic rings. The van der Waals surface area contributed by atoms with E-state index >= 15 is 0 Å². The third-order valence-electron chi connectivity index (χ3n) is 4.74. The largest absolute Gasteiger partial charge is 0.507 e. The number of ether oxygens (including phenoxy) is 1. The van der Waals surface area contributed by atoms with Crippen molar-refractivity contribution in [1.82, 2.24) is 15.4 Å². The molecule has 2 amide bonds. The van der Waals surface area contributed by atoms with Crippen LogP contribution in [0.3, 0.4) is 0 Å². The maximum atomic E-state index is 13.5. The Hall–Kier alpha value is -3.96. The quantitative estimate of drug-likeness (QED) is 0.175. The first-order chi connectivity index (χ1) is 16.8. The number of nitrogens with one attached hydrogen (secondary N) is 3. The molecule has 0 spiro atoms. The van der Waals surface area contributed by atoms with Crippen molar-refractivity contribution in [2.24, 2.45) is 5.10 Å². The predicted octanol–water partition coefficient (Wildman–Crippen LogP) is 5.80. The van der Waals surface area contributed by atoms with Crippen LogP contribution >= 0.6 is 27.5 Å². The van der Waals surface area contributed by atoms with Gasteiger partial charge in [0.25, 0.3) is 0 Å². The highest BCUT2D eigenvalue weighted by Gasteiger charge is 2.13. The van der Waals surface area contributed by atoms with Crippen LogP contribution < -0.4 is 20.8 Å². The number of benzene rings is 3. The molecule has 0 unspecified atom stereocenters. The summed E-state index contributed by atoms with van der Waals surface area (Å²) in [6.07, 6.45) is 2.79. The van der Waals surface area contributed by atoms with Crippen molar-refractivity contribution >= 4 is 67.9 Å². The Bertz CT molecular complexity index is 1450. The molecule has 35 heavy (non-hydrogen) atoms. The van der Waals surface area contributed by atoms with E-state index in [0.717, 1.165) is 0 Å². The van der Waals surface area contributed by atoms with Gasteiger partial charge in [0.1, 0.15) is 29.5 Å². The van der Waals surface area contributed by atoms with E-state index in [2.05, 4.69) is 47.1 Å². The zero-order valence-electron chi connectivity index (χ0n) is 18.0. The number of aromatic nitrogens is 2. The second-order valence-electron chi connectivity index (χ2n) is 7.08. The minimum atomic E-state index is -0.617. The predicted molar refractivity (Wildman–Crippen MR) is 136 cm³/mol. The molecule has 4 N–H and O–H groups in total. The van der Waals surface area contributed by atoms with Gasteiger partial charge < -0.3 is 20.5 Å². The zero-order valence-corrected chi connectivity index (χ0v) is 20.4. The Kier molecular flexibility index (Phi) is 7.28. The van der Waals surface area contributed by atoms with Crippen LogP contribution in [0.15, 0.2) is 64.4 Å². The molecule has 0 fully saturated rings. The van der Waals surface area contributed by atoms with Crippen LogP contribution in [0.25, 0.3) is 10.9 Å². The van der Waals surface area contributed by atoms with Gasteiger partial charge in [0.15, 0.2) is 0 Å². The lowest BCUT2D eigenvalue weighted by Gasteiger charge is -2.13. The van der Waals surface area contributed by atoms with Crippen molar-refractivity contribution in [3.63, 3.8) is 0 Å². The van der Waals surface area contributed by atoms with Gasteiger partial charge in [-0.3, -0.25) is 0 Å². The monoisotopic (exact) mass is 558 g/mol. The number of urea groups is 1. The average Bonchev–Trinajstić information content (AvgIpc) is 2.83. The number of carbonyl (C=O) groups excluding carboxylic acids is 1. The Morgan fingerprint density at radius 2 is 2.03 bits per heavy atom. The van der Waals surface area contributed by atoms with Crippen LogP contribution in [0.4, 0.5) is 26.4 Å². The number of phenols is 1. The molecule has 0 aliphatic heterocycles. The van der Waals surface area contributed by atoms with Crippen molar-refractivity contribution in [1.29, 1.82) is 0 Å². The molecule has 4 aromatic rings. The van der Waals surface area contributed by atoms with Gasteiger partial charge >= 0.3 is 6.03 Å². The normalized spacial score (nSPS) is 11.0. The Morgan fingerprint density at radius 3 is 2.77 bits per heavy atom. The number of carbonyl (C=O) groups is 1. The fourth-order valence-electron chi connectivity index (χ4n) is 3.08. The number of anilines is 3. The van der Waals surface area contributed by atoms with Gasteiger partial charge in [0.2, 0.25) is 0 Å². The molecule has 0 aliphatic carbocycles. The number of aromatic hydroxyl groups is 1. The molecule has 3 aromatic carbocycles. The van der Waals surface area contributed by atoms with Crippen LogP contribution in [0, 0.1) is 5.82 Å². The fourth-order valence-corrected chi connectivity index (χ4v) is 3.66. The van der Waals surface area contributed by atoms with Crippen molar-refractivity contribution in [2.45, 2.75) is 0 Å². The van der Waals surface area contributed by atoms with Gasteiger partial charge in [-0.15, -0.1) is 0 Å². The highest BCUT2D eigenvalue weighted by molar-refractivity contribution is 9.10. The highest BCUT2D eigenvalue weighted by atomic mass is 79.9. The lowest BCUT2D eigenvalue weighted by molar-refractivity contribution is 0.252. The molecule has 178 valence electrons. The molecule has 1 aromatic heterocycles. The number of amides is 2. The van der Waals surface area contributed by atoms with Crippen molar-refractivity contribution < 1.29 is 19.0 Å². The molecule has 12 heteroatoms. The van der Waals surface area contributed by atoms with Crippen LogP contribution in [0.2, 0.25) is 5.02 Å². The Labute approximate surface area is 212 Å². The van der Waals surface area contributed by atoms with Gasteiger partial charge in [-0.05, 0) is 64.0 Å². The molecule has 0 bridgehead atoms.